The third kappa shape index (κ3) is 3.50. The normalized spacial score (nSPS) is 27.5. The number of piperidine rings is 1. The predicted octanol–water partition coefficient (Wildman–Crippen LogP) is 2.17. The highest BCUT2D eigenvalue weighted by atomic mass is 16.3. The number of fused-ring (bicyclic) bond motifs is 1. The molecule has 2 fully saturated rings. The number of aliphatic hydroxyl groups is 1. The minimum absolute atomic E-state index is 0.120. The lowest BCUT2D eigenvalue weighted by atomic mass is 9.73. The summed E-state index contributed by atoms with van der Waals surface area (Å²) in [6.45, 7) is 8.13. The van der Waals surface area contributed by atoms with E-state index >= 15 is 0 Å². The summed E-state index contributed by atoms with van der Waals surface area (Å²) in [6, 6.07) is 10.7. The number of hydrogen-bond acceptors (Lipinski definition) is 3. The van der Waals surface area contributed by atoms with Crippen LogP contribution in [0.15, 0.2) is 30.3 Å². The number of rotatable bonds is 5. The van der Waals surface area contributed by atoms with Crippen molar-refractivity contribution in [1.29, 1.82) is 0 Å². The van der Waals surface area contributed by atoms with Gasteiger partial charge < -0.3 is 14.9 Å². The molecule has 0 aromatic heterocycles. The summed E-state index contributed by atoms with van der Waals surface area (Å²) < 4.78 is 0. The molecule has 132 valence electrons. The van der Waals surface area contributed by atoms with Crippen molar-refractivity contribution in [3.63, 3.8) is 0 Å². The minimum Gasteiger partial charge on any atom is -0.396 e. The third-order valence-electron chi connectivity index (χ3n) is 5.96. The molecule has 0 radical (unpaired) electrons. The Bertz CT molecular complexity index is 560. The van der Waals surface area contributed by atoms with Gasteiger partial charge in [0, 0.05) is 37.5 Å². The van der Waals surface area contributed by atoms with Gasteiger partial charge in [-0.25, -0.2) is 0 Å². The van der Waals surface area contributed by atoms with Crippen molar-refractivity contribution >= 4 is 5.91 Å². The Hall–Kier alpha value is -1.39. The highest BCUT2D eigenvalue weighted by Crippen LogP contribution is 2.42. The second-order valence-electron chi connectivity index (χ2n) is 7.83. The molecule has 0 aliphatic carbocycles. The molecule has 0 saturated carbocycles. The first-order chi connectivity index (χ1) is 11.5. The molecule has 0 spiro atoms. The molecule has 2 aliphatic heterocycles. The Kier molecular flexibility index (Phi) is 5.26. The Morgan fingerprint density at radius 2 is 2.04 bits per heavy atom. The third-order valence-corrected chi connectivity index (χ3v) is 5.96. The minimum atomic E-state index is -0.120. The van der Waals surface area contributed by atoms with Gasteiger partial charge >= 0.3 is 0 Å². The first kappa shape index (κ1) is 17.4. The van der Waals surface area contributed by atoms with E-state index in [0.29, 0.717) is 24.9 Å². The summed E-state index contributed by atoms with van der Waals surface area (Å²) in [5.74, 6) is 0.676. The van der Waals surface area contributed by atoms with Gasteiger partial charge in [-0.2, -0.15) is 0 Å². The SMILES string of the molecule is CC(C)N1CC[C@@H]2CN(C(=O)CCc3ccccc3)C[C@]2(CO)C1. The van der Waals surface area contributed by atoms with Gasteiger partial charge in [-0.05, 0) is 44.7 Å². The van der Waals surface area contributed by atoms with Crippen LogP contribution in [-0.4, -0.2) is 59.6 Å². The zero-order chi connectivity index (χ0) is 17.2. The highest BCUT2D eigenvalue weighted by Gasteiger charge is 2.50. The lowest BCUT2D eigenvalue weighted by molar-refractivity contribution is -0.130. The Morgan fingerprint density at radius 1 is 1.29 bits per heavy atom. The predicted molar refractivity (Wildman–Crippen MR) is 95.7 cm³/mol. The number of benzene rings is 1. The van der Waals surface area contributed by atoms with Crippen LogP contribution in [0, 0.1) is 11.3 Å². The number of aryl methyl sites for hydroxylation is 1. The summed E-state index contributed by atoms with van der Waals surface area (Å²) in [6.07, 6.45) is 2.44. The molecule has 0 unspecified atom stereocenters. The number of nitrogens with zero attached hydrogens (tertiary/aromatic N) is 2. The molecule has 2 saturated heterocycles. The van der Waals surface area contributed by atoms with E-state index in [0.717, 1.165) is 32.5 Å². The first-order valence-corrected chi connectivity index (χ1v) is 9.21. The molecule has 2 heterocycles. The molecular formula is C20H30N2O2. The van der Waals surface area contributed by atoms with Crippen molar-refractivity contribution in [2.75, 3.05) is 32.8 Å². The Balaban J connectivity index is 1.61. The number of amides is 1. The van der Waals surface area contributed by atoms with E-state index in [1.807, 2.05) is 23.1 Å². The number of hydrogen-bond donors (Lipinski definition) is 1. The monoisotopic (exact) mass is 330 g/mol. The standard InChI is InChI=1S/C20H30N2O2/c1-16(2)21-11-10-18-12-22(14-20(18,13-21)15-23)19(24)9-8-17-6-4-3-5-7-17/h3-7,16,18,23H,8-15H2,1-2H3/t18-,20+/m1/s1. The topological polar surface area (TPSA) is 43.8 Å². The van der Waals surface area contributed by atoms with Crippen molar-refractivity contribution < 1.29 is 9.90 Å². The van der Waals surface area contributed by atoms with Crippen LogP contribution in [0.2, 0.25) is 0 Å². The van der Waals surface area contributed by atoms with Gasteiger partial charge in [-0.1, -0.05) is 30.3 Å². The molecule has 2 atom stereocenters. The Labute approximate surface area is 145 Å². The van der Waals surface area contributed by atoms with Gasteiger partial charge in [0.15, 0.2) is 0 Å². The molecular weight excluding hydrogens is 300 g/mol. The summed E-state index contributed by atoms with van der Waals surface area (Å²) in [4.78, 5) is 17.1. The fraction of sp³-hybridized carbons (Fsp3) is 0.650. The fourth-order valence-corrected chi connectivity index (χ4v) is 4.33. The largest absolute Gasteiger partial charge is 0.396 e. The van der Waals surface area contributed by atoms with Crippen molar-refractivity contribution in [3.05, 3.63) is 35.9 Å². The molecule has 1 amide bonds. The van der Waals surface area contributed by atoms with Crippen molar-refractivity contribution in [3.8, 4) is 0 Å². The smallest absolute Gasteiger partial charge is 0.222 e. The van der Waals surface area contributed by atoms with Crippen LogP contribution in [0.4, 0.5) is 0 Å². The van der Waals surface area contributed by atoms with Gasteiger partial charge in [0.05, 0.1) is 6.61 Å². The quantitative estimate of drug-likeness (QED) is 0.900. The van der Waals surface area contributed by atoms with E-state index in [1.54, 1.807) is 0 Å². The molecule has 3 rings (SSSR count). The van der Waals surface area contributed by atoms with Gasteiger partial charge in [0.25, 0.3) is 0 Å². The summed E-state index contributed by atoms with van der Waals surface area (Å²) in [7, 11) is 0. The summed E-state index contributed by atoms with van der Waals surface area (Å²) in [5.41, 5.74) is 1.09. The first-order valence-electron chi connectivity index (χ1n) is 9.21. The molecule has 24 heavy (non-hydrogen) atoms. The van der Waals surface area contributed by atoms with Crippen LogP contribution >= 0.6 is 0 Å². The van der Waals surface area contributed by atoms with Gasteiger partial charge in [-0.3, -0.25) is 4.79 Å². The van der Waals surface area contributed by atoms with E-state index in [4.69, 9.17) is 0 Å². The fourth-order valence-electron chi connectivity index (χ4n) is 4.33. The van der Waals surface area contributed by atoms with E-state index in [-0.39, 0.29) is 17.9 Å². The maximum atomic E-state index is 12.7. The molecule has 1 aromatic rings. The number of aliphatic hydroxyl groups excluding tert-OH is 1. The van der Waals surface area contributed by atoms with Crippen LogP contribution in [-0.2, 0) is 11.2 Å². The highest BCUT2D eigenvalue weighted by molar-refractivity contribution is 5.77. The van der Waals surface area contributed by atoms with Gasteiger partial charge in [0.2, 0.25) is 5.91 Å². The van der Waals surface area contributed by atoms with E-state index in [2.05, 4.69) is 30.9 Å². The van der Waals surface area contributed by atoms with Crippen LogP contribution in [0.5, 0.6) is 0 Å². The van der Waals surface area contributed by atoms with Crippen LogP contribution < -0.4 is 0 Å². The molecule has 4 nitrogen and oxygen atoms in total. The zero-order valence-corrected chi connectivity index (χ0v) is 14.9. The van der Waals surface area contributed by atoms with Crippen LogP contribution in [0.25, 0.3) is 0 Å². The van der Waals surface area contributed by atoms with Crippen molar-refractivity contribution in [2.24, 2.45) is 11.3 Å². The molecule has 2 aliphatic rings. The van der Waals surface area contributed by atoms with Crippen LogP contribution in [0.1, 0.15) is 32.3 Å². The molecule has 4 heteroatoms. The number of carbonyl (C=O) groups excluding carboxylic acids is 1. The van der Waals surface area contributed by atoms with Crippen molar-refractivity contribution in [2.45, 2.75) is 39.2 Å². The average molecular weight is 330 g/mol. The molecule has 0 bridgehead atoms. The maximum absolute atomic E-state index is 12.7. The van der Waals surface area contributed by atoms with E-state index < -0.39 is 0 Å². The zero-order valence-electron chi connectivity index (χ0n) is 14.9. The summed E-state index contributed by atoms with van der Waals surface area (Å²) >= 11 is 0. The number of carbonyl (C=O) groups is 1. The van der Waals surface area contributed by atoms with E-state index in [9.17, 15) is 9.90 Å². The second kappa shape index (κ2) is 7.24. The van der Waals surface area contributed by atoms with Gasteiger partial charge in [0.1, 0.15) is 0 Å². The number of likely N-dealkylation sites (tertiary alicyclic amines) is 2. The van der Waals surface area contributed by atoms with Crippen LogP contribution in [0.3, 0.4) is 0 Å². The molecule has 1 aromatic carbocycles. The lowest BCUT2D eigenvalue weighted by Crippen LogP contribution is -2.52. The average Bonchev–Trinajstić information content (AvgIpc) is 3.00. The molecule has 1 N–H and O–H groups in total. The maximum Gasteiger partial charge on any atom is 0.222 e. The summed E-state index contributed by atoms with van der Waals surface area (Å²) in [5, 5.41) is 10.1. The lowest BCUT2D eigenvalue weighted by Gasteiger charge is -2.44. The van der Waals surface area contributed by atoms with E-state index in [1.165, 1.54) is 5.56 Å². The second-order valence-corrected chi connectivity index (χ2v) is 7.83. The van der Waals surface area contributed by atoms with Gasteiger partial charge in [-0.15, -0.1) is 0 Å². The Morgan fingerprint density at radius 3 is 2.71 bits per heavy atom. The van der Waals surface area contributed by atoms with Crippen molar-refractivity contribution in [1.82, 2.24) is 9.80 Å².